The van der Waals surface area contributed by atoms with Crippen molar-refractivity contribution in [2.24, 2.45) is 11.7 Å². The number of likely N-dealkylation sites (tertiary alicyclic amines) is 1. The maximum Gasteiger partial charge on any atom is 0.276 e. The van der Waals surface area contributed by atoms with E-state index in [1.807, 2.05) is 6.92 Å². The molecule has 2 aromatic rings. The van der Waals surface area contributed by atoms with Crippen molar-refractivity contribution in [3.8, 4) is 5.69 Å². The Hall–Kier alpha value is -2.28. The Morgan fingerprint density at radius 2 is 2.13 bits per heavy atom. The van der Waals surface area contributed by atoms with Crippen molar-refractivity contribution in [2.45, 2.75) is 25.8 Å². The summed E-state index contributed by atoms with van der Waals surface area (Å²) in [6.07, 6.45) is 3.44. The molecule has 3 rings (SSSR count). The van der Waals surface area contributed by atoms with E-state index in [0.717, 1.165) is 12.8 Å². The molecule has 2 atom stereocenters. The molecule has 6 nitrogen and oxygen atoms in total. The molecule has 1 aromatic carbocycles. The molecule has 2 heterocycles. The highest BCUT2D eigenvalue weighted by atomic mass is 19.1. The Labute approximate surface area is 134 Å². The van der Waals surface area contributed by atoms with Crippen LogP contribution in [0.15, 0.2) is 30.5 Å². The van der Waals surface area contributed by atoms with Gasteiger partial charge < -0.3 is 10.6 Å². The first-order valence-corrected chi connectivity index (χ1v) is 7.78. The number of amides is 1. The average Bonchev–Trinajstić information content (AvgIpc) is 3.05. The largest absolute Gasteiger partial charge is 0.337 e. The van der Waals surface area contributed by atoms with Gasteiger partial charge in [0.1, 0.15) is 5.82 Å². The van der Waals surface area contributed by atoms with Crippen LogP contribution in [-0.2, 0) is 0 Å². The number of carbonyl (C=O) groups excluding carboxylic acids is 1. The number of nitrogens with two attached hydrogens (primary N) is 1. The van der Waals surface area contributed by atoms with Crippen LogP contribution in [0.5, 0.6) is 0 Å². The fourth-order valence-corrected chi connectivity index (χ4v) is 2.85. The minimum atomic E-state index is -0.326. The van der Waals surface area contributed by atoms with E-state index in [-0.39, 0.29) is 17.8 Å². The van der Waals surface area contributed by atoms with Gasteiger partial charge in [0.05, 0.1) is 11.9 Å². The molecule has 0 unspecified atom stereocenters. The van der Waals surface area contributed by atoms with Crippen molar-refractivity contribution in [1.82, 2.24) is 19.9 Å². The zero-order chi connectivity index (χ0) is 16.4. The summed E-state index contributed by atoms with van der Waals surface area (Å²) in [5, 5.41) is 8.31. The maximum absolute atomic E-state index is 13.0. The molecule has 1 amide bonds. The Morgan fingerprint density at radius 3 is 2.83 bits per heavy atom. The predicted molar refractivity (Wildman–Crippen MR) is 83.6 cm³/mol. The van der Waals surface area contributed by atoms with Crippen LogP contribution in [0.1, 0.15) is 30.3 Å². The monoisotopic (exact) mass is 317 g/mol. The van der Waals surface area contributed by atoms with Crippen molar-refractivity contribution in [2.75, 3.05) is 13.1 Å². The summed E-state index contributed by atoms with van der Waals surface area (Å²) in [5.74, 6) is -0.143. The number of aromatic nitrogens is 3. The molecule has 0 spiro atoms. The molecule has 0 bridgehead atoms. The van der Waals surface area contributed by atoms with Crippen LogP contribution in [0.2, 0.25) is 0 Å². The van der Waals surface area contributed by atoms with Gasteiger partial charge in [0.15, 0.2) is 5.69 Å². The summed E-state index contributed by atoms with van der Waals surface area (Å²) in [4.78, 5) is 15.7. The second-order valence-electron chi connectivity index (χ2n) is 6.01. The fourth-order valence-electron chi connectivity index (χ4n) is 2.85. The molecule has 1 saturated heterocycles. The van der Waals surface area contributed by atoms with Crippen molar-refractivity contribution >= 4 is 5.91 Å². The number of carbonyl (C=O) groups is 1. The van der Waals surface area contributed by atoms with Crippen molar-refractivity contribution in [1.29, 1.82) is 0 Å². The second-order valence-corrected chi connectivity index (χ2v) is 6.01. The number of hydrogen-bond donors (Lipinski definition) is 1. The molecule has 7 heteroatoms. The van der Waals surface area contributed by atoms with E-state index in [1.54, 1.807) is 17.0 Å². The van der Waals surface area contributed by atoms with E-state index >= 15 is 0 Å². The smallest absolute Gasteiger partial charge is 0.276 e. The van der Waals surface area contributed by atoms with E-state index in [4.69, 9.17) is 5.73 Å². The Morgan fingerprint density at radius 1 is 1.39 bits per heavy atom. The van der Waals surface area contributed by atoms with Crippen molar-refractivity contribution in [3.05, 3.63) is 42.0 Å². The summed E-state index contributed by atoms with van der Waals surface area (Å²) >= 11 is 0. The normalized spacial score (nSPS) is 19.6. The van der Waals surface area contributed by atoms with Gasteiger partial charge in [-0.1, -0.05) is 0 Å². The zero-order valence-electron chi connectivity index (χ0n) is 13.0. The molecule has 1 aliphatic rings. The quantitative estimate of drug-likeness (QED) is 0.933. The highest BCUT2D eigenvalue weighted by Crippen LogP contribution is 2.20. The number of benzene rings is 1. The molecule has 1 fully saturated rings. The first kappa shape index (κ1) is 15.6. The molecule has 0 radical (unpaired) electrons. The fraction of sp³-hybridized carbons (Fsp3) is 0.438. The topological polar surface area (TPSA) is 77.0 Å². The lowest BCUT2D eigenvalue weighted by molar-refractivity contribution is 0.0654. The molecule has 0 saturated carbocycles. The minimum Gasteiger partial charge on any atom is -0.337 e. The van der Waals surface area contributed by atoms with E-state index in [1.165, 1.54) is 23.1 Å². The Balaban J connectivity index is 1.74. The van der Waals surface area contributed by atoms with Crippen LogP contribution < -0.4 is 5.73 Å². The molecular weight excluding hydrogens is 297 g/mol. The van der Waals surface area contributed by atoms with Crippen LogP contribution in [-0.4, -0.2) is 44.9 Å². The van der Waals surface area contributed by atoms with E-state index in [0.29, 0.717) is 30.4 Å². The lowest BCUT2D eigenvalue weighted by Crippen LogP contribution is -2.45. The Kier molecular flexibility index (Phi) is 4.38. The summed E-state index contributed by atoms with van der Waals surface area (Å²) in [6, 6.07) is 5.86. The lowest BCUT2D eigenvalue weighted by Gasteiger charge is -2.34. The van der Waals surface area contributed by atoms with Gasteiger partial charge in [0, 0.05) is 19.1 Å². The molecule has 122 valence electrons. The van der Waals surface area contributed by atoms with Crippen molar-refractivity contribution in [3.63, 3.8) is 0 Å². The number of hydrogen-bond acceptors (Lipinski definition) is 4. The Bertz CT molecular complexity index is 682. The molecule has 2 N–H and O–H groups in total. The molecule has 23 heavy (non-hydrogen) atoms. The number of rotatable bonds is 3. The van der Waals surface area contributed by atoms with E-state index < -0.39 is 0 Å². The SMILES string of the molecule is C[C@H](N)[C@H]1CCCN(C(=O)c2cnn(-c3ccc(F)cc3)n2)C1. The first-order valence-electron chi connectivity index (χ1n) is 7.78. The lowest BCUT2D eigenvalue weighted by atomic mass is 9.92. The zero-order valence-corrected chi connectivity index (χ0v) is 13.0. The van der Waals surface area contributed by atoms with Gasteiger partial charge in [0.2, 0.25) is 0 Å². The van der Waals surface area contributed by atoms with Gasteiger partial charge >= 0.3 is 0 Å². The van der Waals surface area contributed by atoms with E-state index in [9.17, 15) is 9.18 Å². The number of nitrogens with zero attached hydrogens (tertiary/aromatic N) is 4. The first-order chi connectivity index (χ1) is 11.0. The van der Waals surface area contributed by atoms with Crippen LogP contribution in [0.3, 0.4) is 0 Å². The highest BCUT2D eigenvalue weighted by molar-refractivity contribution is 5.92. The molecule has 0 aliphatic carbocycles. The minimum absolute atomic E-state index is 0.0699. The van der Waals surface area contributed by atoms with Gasteiger partial charge in [-0.15, -0.1) is 5.10 Å². The maximum atomic E-state index is 13.0. The van der Waals surface area contributed by atoms with E-state index in [2.05, 4.69) is 10.2 Å². The van der Waals surface area contributed by atoms with Gasteiger partial charge in [-0.3, -0.25) is 4.79 Å². The predicted octanol–water partition coefficient (Wildman–Crippen LogP) is 1.61. The van der Waals surface area contributed by atoms with Crippen LogP contribution in [0.25, 0.3) is 5.69 Å². The molecule has 1 aliphatic heterocycles. The van der Waals surface area contributed by atoms with Crippen molar-refractivity contribution < 1.29 is 9.18 Å². The summed E-state index contributed by atoms with van der Waals surface area (Å²) in [6.45, 7) is 3.34. The highest BCUT2D eigenvalue weighted by Gasteiger charge is 2.27. The van der Waals surface area contributed by atoms with Gasteiger partial charge in [0.25, 0.3) is 5.91 Å². The van der Waals surface area contributed by atoms with Crippen LogP contribution in [0, 0.1) is 11.7 Å². The second kappa shape index (κ2) is 6.45. The third-order valence-corrected chi connectivity index (χ3v) is 4.26. The van der Waals surface area contributed by atoms with Crippen LogP contribution >= 0.6 is 0 Å². The standard InChI is InChI=1S/C16H20FN5O/c1-11(18)12-3-2-8-21(10-12)16(23)15-9-19-22(20-15)14-6-4-13(17)5-7-14/h4-7,9,11-12H,2-3,8,10,18H2,1H3/t11-,12-/m0/s1. The number of halogens is 1. The molecule has 1 aromatic heterocycles. The summed E-state index contributed by atoms with van der Waals surface area (Å²) in [7, 11) is 0. The molecular formula is C16H20FN5O. The third kappa shape index (κ3) is 3.39. The van der Waals surface area contributed by atoms with Gasteiger partial charge in [-0.2, -0.15) is 9.90 Å². The number of piperidine rings is 1. The average molecular weight is 317 g/mol. The summed E-state index contributed by atoms with van der Waals surface area (Å²) < 4.78 is 13.0. The summed E-state index contributed by atoms with van der Waals surface area (Å²) in [5.41, 5.74) is 6.86. The third-order valence-electron chi connectivity index (χ3n) is 4.26. The van der Waals surface area contributed by atoms with Gasteiger partial charge in [-0.25, -0.2) is 4.39 Å². The van der Waals surface area contributed by atoms with Crippen LogP contribution in [0.4, 0.5) is 4.39 Å². The van der Waals surface area contributed by atoms with Gasteiger partial charge in [-0.05, 0) is 49.9 Å².